The first-order valence-corrected chi connectivity index (χ1v) is 7.68. The molecule has 1 aromatic rings. The predicted molar refractivity (Wildman–Crippen MR) is 79.6 cm³/mol. The van der Waals surface area contributed by atoms with E-state index in [4.69, 9.17) is 0 Å². The van der Waals surface area contributed by atoms with E-state index in [1.165, 1.54) is 11.0 Å². The minimum Gasteiger partial charge on any atom is -0.479 e. The van der Waals surface area contributed by atoms with Gasteiger partial charge in [0.05, 0.1) is 17.4 Å². The molecule has 8 heteroatoms. The molecule has 3 aliphatic rings. The number of piperidine rings is 1. The molecular weight excluding hydrogens is 314 g/mol. The Bertz CT molecular complexity index is 845. The van der Waals surface area contributed by atoms with Crippen molar-refractivity contribution in [3.8, 4) is 0 Å². The molecule has 3 unspecified atom stereocenters. The Hall–Kier alpha value is -2.74. The van der Waals surface area contributed by atoms with Gasteiger partial charge in [-0.05, 0) is 30.2 Å². The third kappa shape index (κ3) is 1.83. The molecule has 0 aromatic heterocycles. The van der Waals surface area contributed by atoms with Gasteiger partial charge >= 0.3 is 12.0 Å². The van der Waals surface area contributed by atoms with Gasteiger partial charge < -0.3 is 10.0 Å². The first kappa shape index (κ1) is 14.8. The Morgan fingerprint density at radius 3 is 2.71 bits per heavy atom. The summed E-state index contributed by atoms with van der Waals surface area (Å²) in [4.78, 5) is 42.5. The first-order valence-electron chi connectivity index (χ1n) is 7.68. The molecule has 3 heterocycles. The molecule has 1 aromatic carbocycles. The van der Waals surface area contributed by atoms with Crippen LogP contribution >= 0.6 is 0 Å². The van der Waals surface area contributed by atoms with Crippen molar-refractivity contribution in [1.29, 1.82) is 0 Å². The van der Waals surface area contributed by atoms with Crippen LogP contribution < -0.4 is 10.6 Å². The fourth-order valence-corrected chi connectivity index (χ4v) is 3.68. The third-order valence-corrected chi connectivity index (χ3v) is 4.95. The van der Waals surface area contributed by atoms with E-state index >= 15 is 0 Å². The lowest BCUT2D eigenvalue weighted by atomic mass is 9.85. The average molecular weight is 329 g/mol. The van der Waals surface area contributed by atoms with Gasteiger partial charge in [0, 0.05) is 6.54 Å². The van der Waals surface area contributed by atoms with Gasteiger partial charge in [-0.1, -0.05) is 18.2 Å². The summed E-state index contributed by atoms with van der Waals surface area (Å²) in [6.07, 6.45) is 2.09. The number of urea groups is 1. The molecule has 3 aliphatic heterocycles. The van der Waals surface area contributed by atoms with Crippen LogP contribution in [0.1, 0.15) is 12.8 Å². The molecule has 2 amide bonds. The van der Waals surface area contributed by atoms with Crippen LogP contribution in [0.5, 0.6) is 0 Å². The van der Waals surface area contributed by atoms with Crippen molar-refractivity contribution < 1.29 is 24.7 Å². The van der Waals surface area contributed by atoms with Gasteiger partial charge in [0.1, 0.15) is 0 Å². The van der Waals surface area contributed by atoms with Crippen LogP contribution in [0.4, 0.5) is 4.79 Å². The Balaban J connectivity index is 1.77. The highest BCUT2D eigenvalue weighted by Gasteiger charge is 2.54. The van der Waals surface area contributed by atoms with E-state index in [-0.39, 0.29) is 12.6 Å². The van der Waals surface area contributed by atoms with Crippen LogP contribution in [0.25, 0.3) is 6.08 Å². The number of benzene rings is 1. The number of amides is 2. The topological polar surface area (TPSA) is 111 Å². The molecule has 2 N–H and O–H groups in total. The number of carbonyl (C=O) groups excluding carboxylic acids is 2. The summed E-state index contributed by atoms with van der Waals surface area (Å²) in [6.45, 7) is 0.217. The summed E-state index contributed by atoms with van der Waals surface area (Å²) in [5, 5.41) is 21.1. The second-order valence-electron chi connectivity index (χ2n) is 6.28. The van der Waals surface area contributed by atoms with E-state index in [0.717, 1.165) is 0 Å². The number of carboxylic acids is 1. The number of hydrogen-bond donors (Lipinski definition) is 2. The van der Waals surface area contributed by atoms with Crippen molar-refractivity contribution in [2.75, 3.05) is 6.54 Å². The number of fused-ring (bicyclic) bond motifs is 3. The van der Waals surface area contributed by atoms with E-state index in [0.29, 0.717) is 28.5 Å². The summed E-state index contributed by atoms with van der Waals surface area (Å²) in [5.74, 6) is -2.01. The van der Waals surface area contributed by atoms with Crippen molar-refractivity contribution >= 4 is 23.9 Å². The van der Waals surface area contributed by atoms with Crippen LogP contribution in [0.2, 0.25) is 0 Å². The molecule has 124 valence electrons. The molecule has 0 spiro atoms. The number of para-hydroxylation sites is 1. The quantitative estimate of drug-likeness (QED) is 0.554. The van der Waals surface area contributed by atoms with E-state index in [9.17, 15) is 24.7 Å². The number of hydrogen-bond acceptors (Lipinski definition) is 5. The fraction of sp³-hybridized carbons (Fsp3) is 0.375. The molecule has 0 aliphatic carbocycles. The molecule has 3 atom stereocenters. The van der Waals surface area contributed by atoms with Crippen LogP contribution in [-0.4, -0.2) is 62.2 Å². The zero-order valence-electron chi connectivity index (χ0n) is 12.6. The minimum absolute atomic E-state index is 0.217. The van der Waals surface area contributed by atoms with Crippen molar-refractivity contribution in [2.24, 2.45) is 4.99 Å². The van der Waals surface area contributed by atoms with Gasteiger partial charge in [-0.3, -0.25) is 15.0 Å². The van der Waals surface area contributed by atoms with Crippen molar-refractivity contribution in [2.45, 2.75) is 30.5 Å². The van der Waals surface area contributed by atoms with Gasteiger partial charge in [-0.25, -0.2) is 14.7 Å². The van der Waals surface area contributed by atoms with Gasteiger partial charge in [-0.15, -0.1) is 0 Å². The van der Waals surface area contributed by atoms with Crippen molar-refractivity contribution in [3.05, 3.63) is 34.8 Å². The van der Waals surface area contributed by atoms with Gasteiger partial charge in [0.25, 0.3) is 0 Å². The van der Waals surface area contributed by atoms with E-state index in [1.807, 2.05) is 0 Å². The first-order chi connectivity index (χ1) is 11.4. The summed E-state index contributed by atoms with van der Waals surface area (Å²) >= 11 is 0. The molecule has 0 saturated carbocycles. The molecule has 24 heavy (non-hydrogen) atoms. The lowest BCUT2D eigenvalue weighted by molar-refractivity contribution is -0.146. The Labute approximate surface area is 136 Å². The van der Waals surface area contributed by atoms with Crippen LogP contribution in [0.15, 0.2) is 29.3 Å². The molecule has 2 fully saturated rings. The number of ketones is 1. The third-order valence-electron chi connectivity index (χ3n) is 4.95. The number of rotatable bonds is 3. The highest BCUT2D eigenvalue weighted by atomic mass is 16.5. The normalized spacial score (nSPS) is 30.6. The lowest BCUT2D eigenvalue weighted by Gasteiger charge is -2.32. The van der Waals surface area contributed by atoms with Gasteiger partial charge in [-0.2, -0.15) is 0 Å². The zero-order chi connectivity index (χ0) is 17.1. The summed E-state index contributed by atoms with van der Waals surface area (Å²) in [6, 6.07) is 4.90. The largest absolute Gasteiger partial charge is 0.479 e. The Morgan fingerprint density at radius 2 is 2.00 bits per heavy atom. The number of hydroxylamine groups is 2. The monoisotopic (exact) mass is 329 g/mol. The van der Waals surface area contributed by atoms with Crippen LogP contribution in [-0.2, 0) is 9.59 Å². The zero-order valence-corrected chi connectivity index (χ0v) is 12.6. The Kier molecular flexibility index (Phi) is 3.01. The second-order valence-corrected chi connectivity index (χ2v) is 6.28. The van der Waals surface area contributed by atoms with E-state index in [2.05, 4.69) is 4.99 Å². The fourth-order valence-electron chi connectivity index (χ4n) is 3.68. The average Bonchev–Trinajstić information content (AvgIpc) is 3.08. The molecule has 2 saturated heterocycles. The number of carbonyl (C=O) groups is 3. The molecular formula is C16H15N3O5. The molecule has 8 nitrogen and oxygen atoms in total. The number of Topliss-reactive ketones (excluding diaryl/α,β-unsaturated/α-hetero) is 1. The highest BCUT2D eigenvalue weighted by Crippen LogP contribution is 2.32. The maximum absolute atomic E-state index is 13.1. The van der Waals surface area contributed by atoms with Crippen molar-refractivity contribution in [3.63, 3.8) is 0 Å². The highest BCUT2D eigenvalue weighted by molar-refractivity contribution is 6.17. The lowest BCUT2D eigenvalue weighted by Crippen LogP contribution is -2.55. The molecule has 4 rings (SSSR count). The smallest absolute Gasteiger partial charge is 0.344 e. The number of nitrogens with zero attached hydrogens (tertiary/aromatic N) is 3. The summed E-state index contributed by atoms with van der Waals surface area (Å²) in [5.41, 5.74) is -2.02. The van der Waals surface area contributed by atoms with E-state index < -0.39 is 29.4 Å². The maximum atomic E-state index is 13.1. The minimum atomic E-state index is -2.02. The molecule has 0 radical (unpaired) electrons. The second kappa shape index (κ2) is 4.88. The number of carboxylic acid groups (broad SMARTS) is 1. The number of aliphatic carboxylic acids is 1. The van der Waals surface area contributed by atoms with Crippen LogP contribution in [0, 0.1) is 0 Å². The Morgan fingerprint density at radius 1 is 1.25 bits per heavy atom. The summed E-state index contributed by atoms with van der Waals surface area (Å²) in [7, 11) is 0. The molecule has 2 bridgehead atoms. The summed E-state index contributed by atoms with van der Waals surface area (Å²) < 4.78 is 0. The van der Waals surface area contributed by atoms with Crippen molar-refractivity contribution in [1.82, 2.24) is 9.96 Å². The standard InChI is InChI=1S/C16H15N3O5/c20-13(12-6-5-10-8-18(12)15(23)19(10)24)16(14(21)22)7-9-3-1-2-4-11(9)17-16/h1-4,7,10,12,24H,5-6,8H2,(H,21,22). The van der Waals surface area contributed by atoms with Gasteiger partial charge in [0.2, 0.25) is 5.54 Å². The maximum Gasteiger partial charge on any atom is 0.344 e. The predicted octanol–water partition coefficient (Wildman–Crippen LogP) is -0.849. The SMILES string of the molecule is O=C1N(O)C2CCC(C(=O)C3(C(=O)O)C=c4ccccc4=N3)N1C2. The van der Waals surface area contributed by atoms with Crippen LogP contribution in [0.3, 0.4) is 0 Å². The van der Waals surface area contributed by atoms with E-state index in [1.54, 1.807) is 24.3 Å². The van der Waals surface area contributed by atoms with Gasteiger partial charge in [0.15, 0.2) is 5.78 Å².